The van der Waals surface area contributed by atoms with Crippen molar-refractivity contribution in [1.29, 1.82) is 5.26 Å². The number of hydrogen-bond donors (Lipinski definition) is 1. The van der Waals surface area contributed by atoms with Gasteiger partial charge in [-0.3, -0.25) is 4.79 Å². The Morgan fingerprint density at radius 2 is 1.93 bits per heavy atom. The molecule has 0 bridgehead atoms. The minimum atomic E-state index is -0.527. The van der Waals surface area contributed by atoms with Crippen molar-refractivity contribution in [2.24, 2.45) is 0 Å². The zero-order valence-corrected chi connectivity index (χ0v) is 17.1. The SMILES string of the molecule is CCN1c2ccc(/C=C(/C#N)C(=O)Nc3ccc(F)cc3)cc2C(C)=CC1(C)C. The summed E-state index contributed by atoms with van der Waals surface area (Å²) < 4.78 is 13.0. The number of carbonyl (C=O) groups excluding carboxylic acids is 1. The van der Waals surface area contributed by atoms with Crippen LogP contribution in [0.4, 0.5) is 15.8 Å². The fourth-order valence-electron chi connectivity index (χ4n) is 3.82. The van der Waals surface area contributed by atoms with E-state index >= 15 is 0 Å². The van der Waals surface area contributed by atoms with E-state index in [0.717, 1.165) is 23.4 Å². The van der Waals surface area contributed by atoms with Crippen molar-refractivity contribution in [1.82, 2.24) is 0 Å². The van der Waals surface area contributed by atoms with Crippen LogP contribution in [0, 0.1) is 17.1 Å². The van der Waals surface area contributed by atoms with E-state index in [9.17, 15) is 14.4 Å². The van der Waals surface area contributed by atoms with E-state index in [-0.39, 0.29) is 16.9 Å². The summed E-state index contributed by atoms with van der Waals surface area (Å²) in [5.74, 6) is -0.916. The topological polar surface area (TPSA) is 56.1 Å². The summed E-state index contributed by atoms with van der Waals surface area (Å²) in [5.41, 5.74) is 4.52. The monoisotopic (exact) mass is 389 g/mol. The summed E-state index contributed by atoms with van der Waals surface area (Å²) in [7, 11) is 0. The number of likely N-dealkylation sites (N-methyl/N-ethyl adjacent to an activating group) is 1. The van der Waals surface area contributed by atoms with Crippen LogP contribution in [0.1, 0.15) is 38.8 Å². The molecule has 1 N–H and O–H groups in total. The predicted molar refractivity (Wildman–Crippen MR) is 116 cm³/mol. The molecule has 0 fully saturated rings. The van der Waals surface area contributed by atoms with E-state index in [1.807, 2.05) is 24.3 Å². The number of amides is 1. The molecule has 1 aliphatic heterocycles. The first-order valence-electron chi connectivity index (χ1n) is 9.55. The minimum Gasteiger partial charge on any atom is -0.363 e. The van der Waals surface area contributed by atoms with E-state index in [4.69, 9.17) is 0 Å². The second-order valence-electron chi connectivity index (χ2n) is 7.63. The lowest BCUT2D eigenvalue weighted by Crippen LogP contribution is -2.44. The van der Waals surface area contributed by atoms with Crippen LogP contribution in [0.2, 0.25) is 0 Å². The van der Waals surface area contributed by atoms with Gasteiger partial charge in [0.25, 0.3) is 5.91 Å². The number of nitrogens with zero attached hydrogens (tertiary/aromatic N) is 2. The van der Waals surface area contributed by atoms with Gasteiger partial charge in [-0.1, -0.05) is 12.1 Å². The molecule has 1 heterocycles. The third-order valence-corrected chi connectivity index (χ3v) is 5.10. The molecule has 0 unspecified atom stereocenters. The summed E-state index contributed by atoms with van der Waals surface area (Å²) in [6.45, 7) is 9.45. The van der Waals surface area contributed by atoms with Gasteiger partial charge in [-0.15, -0.1) is 0 Å². The van der Waals surface area contributed by atoms with Crippen LogP contribution in [0.15, 0.2) is 54.1 Å². The third-order valence-electron chi connectivity index (χ3n) is 5.10. The van der Waals surface area contributed by atoms with Gasteiger partial charge in [0.2, 0.25) is 0 Å². The molecule has 5 heteroatoms. The van der Waals surface area contributed by atoms with Crippen LogP contribution < -0.4 is 10.2 Å². The number of hydrogen-bond acceptors (Lipinski definition) is 3. The molecular weight excluding hydrogens is 365 g/mol. The van der Waals surface area contributed by atoms with Crippen LogP contribution in [0.3, 0.4) is 0 Å². The minimum absolute atomic E-state index is 0.0144. The van der Waals surface area contributed by atoms with Gasteiger partial charge >= 0.3 is 0 Å². The number of carbonyl (C=O) groups is 1. The number of benzene rings is 2. The van der Waals surface area contributed by atoms with E-state index in [1.165, 1.54) is 29.8 Å². The summed E-state index contributed by atoms with van der Waals surface area (Å²) in [4.78, 5) is 14.8. The molecular formula is C24H24FN3O. The van der Waals surface area contributed by atoms with E-state index in [2.05, 4.69) is 44.0 Å². The molecule has 0 saturated carbocycles. The Morgan fingerprint density at radius 3 is 2.55 bits per heavy atom. The Kier molecular flexibility index (Phi) is 5.56. The number of anilines is 2. The molecule has 0 aliphatic carbocycles. The Hall–Kier alpha value is -3.39. The molecule has 1 amide bonds. The Balaban J connectivity index is 1.91. The largest absolute Gasteiger partial charge is 0.363 e. The third kappa shape index (κ3) is 4.22. The zero-order chi connectivity index (χ0) is 21.2. The molecule has 148 valence electrons. The van der Waals surface area contributed by atoms with Crippen molar-refractivity contribution in [2.75, 3.05) is 16.8 Å². The van der Waals surface area contributed by atoms with Crippen LogP contribution in [0.25, 0.3) is 11.6 Å². The molecule has 0 aromatic heterocycles. The predicted octanol–water partition coefficient (Wildman–Crippen LogP) is 5.39. The van der Waals surface area contributed by atoms with Crippen molar-refractivity contribution < 1.29 is 9.18 Å². The number of nitriles is 1. The second kappa shape index (κ2) is 7.92. The Labute approximate surface area is 171 Å². The summed E-state index contributed by atoms with van der Waals surface area (Å²) >= 11 is 0. The average molecular weight is 389 g/mol. The lowest BCUT2D eigenvalue weighted by atomic mass is 9.88. The summed E-state index contributed by atoms with van der Waals surface area (Å²) in [6.07, 6.45) is 3.81. The highest BCUT2D eigenvalue weighted by molar-refractivity contribution is 6.09. The van der Waals surface area contributed by atoms with Gasteiger partial charge in [0.05, 0.1) is 5.54 Å². The lowest BCUT2D eigenvalue weighted by Gasteiger charge is -2.42. The maximum absolute atomic E-state index is 13.0. The maximum atomic E-state index is 13.0. The van der Waals surface area contributed by atoms with Crippen molar-refractivity contribution in [3.8, 4) is 6.07 Å². The first kappa shape index (κ1) is 20.3. The number of rotatable bonds is 4. The van der Waals surface area contributed by atoms with Gasteiger partial charge in [-0.2, -0.15) is 5.26 Å². The van der Waals surface area contributed by atoms with Crippen LogP contribution in [-0.4, -0.2) is 18.0 Å². The Morgan fingerprint density at radius 1 is 1.24 bits per heavy atom. The molecule has 0 saturated heterocycles. The highest BCUT2D eigenvalue weighted by Gasteiger charge is 2.30. The molecule has 2 aromatic carbocycles. The second-order valence-corrected chi connectivity index (χ2v) is 7.63. The first-order valence-corrected chi connectivity index (χ1v) is 9.55. The molecule has 0 atom stereocenters. The van der Waals surface area contributed by atoms with Crippen molar-refractivity contribution in [3.05, 3.63) is 71.1 Å². The summed E-state index contributed by atoms with van der Waals surface area (Å²) in [5, 5.41) is 12.1. The number of halogens is 1. The summed E-state index contributed by atoms with van der Waals surface area (Å²) in [6, 6.07) is 13.3. The average Bonchev–Trinajstić information content (AvgIpc) is 2.67. The lowest BCUT2D eigenvalue weighted by molar-refractivity contribution is -0.112. The Bertz CT molecular complexity index is 1040. The van der Waals surface area contributed by atoms with Gasteiger partial charge < -0.3 is 10.2 Å². The molecule has 0 spiro atoms. The fraction of sp³-hybridized carbons (Fsp3) is 0.250. The van der Waals surface area contributed by atoms with Crippen molar-refractivity contribution >= 4 is 28.9 Å². The normalized spacial score (nSPS) is 15.2. The van der Waals surface area contributed by atoms with E-state index in [0.29, 0.717) is 5.69 Å². The maximum Gasteiger partial charge on any atom is 0.266 e. The smallest absolute Gasteiger partial charge is 0.266 e. The zero-order valence-electron chi connectivity index (χ0n) is 17.1. The first-order chi connectivity index (χ1) is 13.7. The molecule has 2 aromatic rings. The number of fused-ring (bicyclic) bond motifs is 1. The molecule has 29 heavy (non-hydrogen) atoms. The van der Waals surface area contributed by atoms with Crippen LogP contribution in [0.5, 0.6) is 0 Å². The molecule has 3 rings (SSSR count). The van der Waals surface area contributed by atoms with E-state index < -0.39 is 5.91 Å². The van der Waals surface area contributed by atoms with Crippen LogP contribution >= 0.6 is 0 Å². The standard InChI is InChI=1S/C24H24FN3O/c1-5-28-22-11-6-17(13-21(22)16(2)14-24(28,3)4)12-18(15-26)23(29)27-20-9-7-19(25)8-10-20/h6-14H,5H2,1-4H3,(H,27,29)/b18-12-. The fourth-order valence-corrected chi connectivity index (χ4v) is 3.82. The van der Waals surface area contributed by atoms with Gasteiger partial charge in [0, 0.05) is 23.5 Å². The number of nitrogens with one attached hydrogen (secondary N) is 1. The van der Waals surface area contributed by atoms with Crippen LogP contribution in [-0.2, 0) is 4.79 Å². The van der Waals surface area contributed by atoms with Crippen molar-refractivity contribution in [2.45, 2.75) is 33.2 Å². The molecule has 4 nitrogen and oxygen atoms in total. The van der Waals surface area contributed by atoms with E-state index in [1.54, 1.807) is 6.08 Å². The van der Waals surface area contributed by atoms with Gasteiger partial charge in [-0.25, -0.2) is 4.39 Å². The number of allylic oxidation sites excluding steroid dienone is 1. The molecule has 1 aliphatic rings. The van der Waals surface area contributed by atoms with Gasteiger partial charge in [0.1, 0.15) is 17.5 Å². The quantitative estimate of drug-likeness (QED) is 0.563. The highest BCUT2D eigenvalue weighted by Crippen LogP contribution is 2.39. The van der Waals surface area contributed by atoms with Crippen molar-refractivity contribution in [3.63, 3.8) is 0 Å². The highest BCUT2D eigenvalue weighted by atomic mass is 19.1. The van der Waals surface area contributed by atoms with Gasteiger partial charge in [-0.05, 0) is 81.3 Å². The van der Waals surface area contributed by atoms with Gasteiger partial charge in [0.15, 0.2) is 0 Å². The molecule has 0 radical (unpaired) electrons.